The zero-order valence-electron chi connectivity index (χ0n) is 12.0. The minimum absolute atomic E-state index is 0.374. The van der Waals surface area contributed by atoms with Crippen molar-refractivity contribution in [1.82, 2.24) is 15.3 Å². The SMILES string of the molecule is CNC1CCCc2nc(-c3cc4ccccc4o3)ncc21. The highest BCUT2D eigenvalue weighted by Gasteiger charge is 2.21. The first-order valence-corrected chi connectivity index (χ1v) is 7.37. The smallest absolute Gasteiger partial charge is 0.195 e. The molecule has 4 rings (SSSR count). The third kappa shape index (κ3) is 2.12. The molecular formula is C17H17N3O. The lowest BCUT2D eigenvalue weighted by molar-refractivity contribution is 0.487. The number of furan rings is 1. The molecule has 0 radical (unpaired) electrons. The van der Waals surface area contributed by atoms with Crippen LogP contribution in [0, 0.1) is 0 Å². The van der Waals surface area contributed by atoms with Gasteiger partial charge in [0.15, 0.2) is 11.6 Å². The number of nitrogens with one attached hydrogen (secondary N) is 1. The summed E-state index contributed by atoms with van der Waals surface area (Å²) in [6, 6.07) is 10.4. The van der Waals surface area contributed by atoms with Crippen molar-refractivity contribution in [1.29, 1.82) is 0 Å². The van der Waals surface area contributed by atoms with E-state index in [-0.39, 0.29) is 0 Å². The predicted octanol–water partition coefficient (Wildman–Crippen LogP) is 3.49. The number of aromatic nitrogens is 2. The quantitative estimate of drug-likeness (QED) is 0.780. The molecule has 0 bridgehead atoms. The molecule has 1 aliphatic rings. The van der Waals surface area contributed by atoms with Gasteiger partial charge in [-0.3, -0.25) is 0 Å². The lowest BCUT2D eigenvalue weighted by atomic mass is 9.92. The van der Waals surface area contributed by atoms with Crippen molar-refractivity contribution < 1.29 is 4.42 Å². The highest BCUT2D eigenvalue weighted by molar-refractivity contribution is 5.81. The van der Waals surface area contributed by atoms with Crippen molar-refractivity contribution in [3.63, 3.8) is 0 Å². The van der Waals surface area contributed by atoms with E-state index in [1.54, 1.807) is 0 Å². The Bertz CT molecular complexity index is 761. The third-order valence-corrected chi connectivity index (χ3v) is 4.18. The molecule has 1 N–H and O–H groups in total. The second-order valence-electron chi connectivity index (χ2n) is 5.48. The molecule has 106 valence electrons. The minimum atomic E-state index is 0.374. The molecule has 0 fully saturated rings. The molecular weight excluding hydrogens is 262 g/mol. The number of benzene rings is 1. The Labute approximate surface area is 123 Å². The predicted molar refractivity (Wildman–Crippen MR) is 82.0 cm³/mol. The number of nitrogens with zero attached hydrogens (tertiary/aromatic N) is 2. The number of rotatable bonds is 2. The van der Waals surface area contributed by atoms with E-state index in [1.165, 1.54) is 5.56 Å². The van der Waals surface area contributed by atoms with Crippen molar-refractivity contribution in [3.8, 4) is 11.6 Å². The van der Waals surface area contributed by atoms with Gasteiger partial charge in [-0.1, -0.05) is 18.2 Å². The third-order valence-electron chi connectivity index (χ3n) is 4.18. The Hall–Kier alpha value is -2.20. The zero-order valence-corrected chi connectivity index (χ0v) is 12.0. The van der Waals surface area contributed by atoms with Gasteiger partial charge in [0.25, 0.3) is 0 Å². The highest BCUT2D eigenvalue weighted by atomic mass is 16.3. The fraction of sp³-hybridized carbons (Fsp3) is 0.294. The summed E-state index contributed by atoms with van der Waals surface area (Å²) in [6.45, 7) is 0. The van der Waals surface area contributed by atoms with Crippen molar-refractivity contribution in [2.24, 2.45) is 0 Å². The van der Waals surface area contributed by atoms with Crippen LogP contribution in [0.2, 0.25) is 0 Å². The van der Waals surface area contributed by atoms with Gasteiger partial charge in [0, 0.05) is 28.9 Å². The van der Waals surface area contributed by atoms with Crippen LogP contribution in [-0.4, -0.2) is 17.0 Å². The first-order chi connectivity index (χ1) is 10.3. The molecule has 0 saturated heterocycles. The Morgan fingerprint density at radius 3 is 3.05 bits per heavy atom. The van der Waals surface area contributed by atoms with Crippen molar-refractivity contribution in [2.75, 3.05) is 7.05 Å². The first-order valence-electron chi connectivity index (χ1n) is 7.37. The first kappa shape index (κ1) is 12.5. The Balaban J connectivity index is 1.79. The van der Waals surface area contributed by atoms with E-state index in [0.29, 0.717) is 11.9 Å². The van der Waals surface area contributed by atoms with Gasteiger partial charge in [-0.05, 0) is 38.4 Å². The molecule has 1 aromatic carbocycles. The summed E-state index contributed by atoms with van der Waals surface area (Å²) in [7, 11) is 1.99. The zero-order chi connectivity index (χ0) is 14.2. The number of fused-ring (bicyclic) bond motifs is 2. The average Bonchev–Trinajstić information content (AvgIpc) is 2.97. The van der Waals surface area contributed by atoms with Gasteiger partial charge >= 0.3 is 0 Å². The van der Waals surface area contributed by atoms with Crippen LogP contribution >= 0.6 is 0 Å². The standard InChI is InChI=1S/C17H17N3O/c1-18-13-6-4-7-14-12(13)10-19-17(20-14)16-9-11-5-2-3-8-15(11)21-16/h2-3,5,8-10,13,18H,4,6-7H2,1H3. The van der Waals surface area contributed by atoms with Crippen LogP contribution in [0.3, 0.4) is 0 Å². The van der Waals surface area contributed by atoms with Crippen molar-refractivity contribution in [3.05, 3.63) is 47.8 Å². The summed E-state index contributed by atoms with van der Waals surface area (Å²) >= 11 is 0. The maximum atomic E-state index is 5.86. The van der Waals surface area contributed by atoms with Crippen LogP contribution in [0.25, 0.3) is 22.6 Å². The van der Waals surface area contributed by atoms with Crippen molar-refractivity contribution in [2.45, 2.75) is 25.3 Å². The largest absolute Gasteiger partial charge is 0.453 e. The Morgan fingerprint density at radius 2 is 2.19 bits per heavy atom. The molecule has 2 heterocycles. The Morgan fingerprint density at radius 1 is 1.29 bits per heavy atom. The molecule has 4 heteroatoms. The summed E-state index contributed by atoms with van der Waals surface area (Å²) < 4.78 is 5.86. The van der Waals surface area contributed by atoms with E-state index >= 15 is 0 Å². The fourth-order valence-corrected chi connectivity index (χ4v) is 3.06. The summed E-state index contributed by atoms with van der Waals surface area (Å²) in [5, 5.41) is 4.42. The van der Waals surface area contributed by atoms with E-state index in [1.807, 2.05) is 43.6 Å². The molecule has 0 spiro atoms. The van der Waals surface area contributed by atoms with E-state index < -0.39 is 0 Å². The molecule has 1 aliphatic carbocycles. The maximum Gasteiger partial charge on any atom is 0.195 e. The van der Waals surface area contributed by atoms with Crippen LogP contribution in [0.4, 0.5) is 0 Å². The fourth-order valence-electron chi connectivity index (χ4n) is 3.06. The van der Waals surface area contributed by atoms with Gasteiger partial charge in [0.1, 0.15) is 5.58 Å². The van der Waals surface area contributed by atoms with E-state index in [9.17, 15) is 0 Å². The van der Waals surface area contributed by atoms with Crippen LogP contribution in [-0.2, 0) is 6.42 Å². The highest BCUT2D eigenvalue weighted by Crippen LogP contribution is 2.30. The summed E-state index contributed by atoms with van der Waals surface area (Å²) in [5.74, 6) is 1.42. The Kier molecular flexibility index (Phi) is 2.97. The topological polar surface area (TPSA) is 51.0 Å². The second kappa shape index (κ2) is 4.97. The molecule has 1 unspecified atom stereocenters. The van der Waals surface area contributed by atoms with Crippen LogP contribution < -0.4 is 5.32 Å². The van der Waals surface area contributed by atoms with Gasteiger partial charge in [0.05, 0.1) is 0 Å². The lowest BCUT2D eigenvalue weighted by Gasteiger charge is -2.23. The summed E-state index contributed by atoms with van der Waals surface area (Å²) in [4.78, 5) is 9.24. The molecule has 0 amide bonds. The maximum absolute atomic E-state index is 5.86. The van der Waals surface area contributed by atoms with E-state index in [4.69, 9.17) is 9.40 Å². The molecule has 0 aliphatic heterocycles. The number of hydrogen-bond acceptors (Lipinski definition) is 4. The van der Waals surface area contributed by atoms with Crippen LogP contribution in [0.5, 0.6) is 0 Å². The van der Waals surface area contributed by atoms with E-state index in [0.717, 1.165) is 41.7 Å². The second-order valence-corrected chi connectivity index (χ2v) is 5.48. The number of para-hydroxylation sites is 1. The summed E-state index contributed by atoms with van der Waals surface area (Å²) in [6.07, 6.45) is 5.28. The molecule has 1 atom stereocenters. The molecule has 0 saturated carbocycles. The van der Waals surface area contributed by atoms with Crippen molar-refractivity contribution >= 4 is 11.0 Å². The molecule has 3 aromatic rings. The summed E-state index contributed by atoms with van der Waals surface area (Å²) in [5.41, 5.74) is 3.25. The molecule has 21 heavy (non-hydrogen) atoms. The van der Waals surface area contributed by atoms with Gasteiger partial charge in [-0.15, -0.1) is 0 Å². The van der Waals surface area contributed by atoms with Gasteiger partial charge in [0.2, 0.25) is 0 Å². The van der Waals surface area contributed by atoms with Crippen LogP contribution in [0.1, 0.15) is 30.1 Å². The average molecular weight is 279 g/mol. The normalized spacial score (nSPS) is 17.9. The van der Waals surface area contributed by atoms with Gasteiger partial charge in [-0.25, -0.2) is 9.97 Å². The lowest BCUT2D eigenvalue weighted by Crippen LogP contribution is -2.22. The van der Waals surface area contributed by atoms with Gasteiger partial charge in [-0.2, -0.15) is 0 Å². The van der Waals surface area contributed by atoms with Gasteiger partial charge < -0.3 is 9.73 Å². The number of hydrogen-bond donors (Lipinski definition) is 1. The number of aryl methyl sites for hydroxylation is 1. The minimum Gasteiger partial charge on any atom is -0.453 e. The van der Waals surface area contributed by atoms with E-state index in [2.05, 4.69) is 10.3 Å². The monoisotopic (exact) mass is 279 g/mol. The van der Waals surface area contributed by atoms with Crippen LogP contribution in [0.15, 0.2) is 40.9 Å². The molecule has 2 aromatic heterocycles. The molecule has 4 nitrogen and oxygen atoms in total.